The van der Waals surface area contributed by atoms with Crippen molar-refractivity contribution in [2.75, 3.05) is 0 Å². The van der Waals surface area contributed by atoms with E-state index in [0.29, 0.717) is 6.20 Å². The van der Waals surface area contributed by atoms with Gasteiger partial charge < -0.3 is 10.8 Å². The van der Waals surface area contributed by atoms with Crippen LogP contribution in [-0.4, -0.2) is 10.1 Å². The Labute approximate surface area is 93.1 Å². The number of hydrogen-bond donors (Lipinski definition) is 2. The number of rotatable bonds is 3. The number of aliphatic hydroxyl groups is 1. The van der Waals surface area contributed by atoms with E-state index in [9.17, 15) is 22.0 Å². The number of hydrogen-bond acceptors (Lipinski definition) is 3. The van der Waals surface area contributed by atoms with Crippen LogP contribution in [0.4, 0.5) is 22.0 Å². The molecule has 1 aromatic heterocycles. The molecule has 0 bridgehead atoms. The number of pyridine rings is 1. The number of nitrogens with two attached hydrogens (primary N) is 1. The average molecular weight is 256 g/mol. The standard InChI is InChI=1S/C9H9F5N2O/c10-8(11)5-2-16-6(3-17)4(1-15)7(5)9(12,13)14/h2,8,17H,1,3,15H2. The molecule has 0 spiro atoms. The molecule has 0 atom stereocenters. The minimum Gasteiger partial charge on any atom is -0.390 e. The summed E-state index contributed by atoms with van der Waals surface area (Å²) < 4.78 is 63.0. The van der Waals surface area contributed by atoms with Crippen molar-refractivity contribution < 1.29 is 27.1 Å². The van der Waals surface area contributed by atoms with E-state index in [1.807, 2.05) is 0 Å². The van der Waals surface area contributed by atoms with Gasteiger partial charge in [-0.15, -0.1) is 0 Å². The summed E-state index contributed by atoms with van der Waals surface area (Å²) in [4.78, 5) is 3.35. The van der Waals surface area contributed by atoms with Crippen LogP contribution in [0.2, 0.25) is 0 Å². The zero-order valence-electron chi connectivity index (χ0n) is 8.43. The van der Waals surface area contributed by atoms with Gasteiger partial charge in [-0.25, -0.2) is 8.78 Å². The monoisotopic (exact) mass is 256 g/mol. The van der Waals surface area contributed by atoms with E-state index in [1.165, 1.54) is 0 Å². The van der Waals surface area contributed by atoms with E-state index in [4.69, 9.17) is 10.8 Å². The molecule has 3 N–H and O–H groups in total. The summed E-state index contributed by atoms with van der Waals surface area (Å²) in [5.41, 5.74) is 1.42. The highest BCUT2D eigenvalue weighted by molar-refractivity contribution is 5.39. The van der Waals surface area contributed by atoms with E-state index < -0.39 is 42.4 Å². The van der Waals surface area contributed by atoms with Crippen LogP contribution < -0.4 is 5.73 Å². The predicted molar refractivity (Wildman–Crippen MR) is 48.0 cm³/mol. The largest absolute Gasteiger partial charge is 0.417 e. The Morgan fingerprint density at radius 2 is 1.94 bits per heavy atom. The molecule has 0 aliphatic heterocycles. The lowest BCUT2D eigenvalue weighted by atomic mass is 10.0. The summed E-state index contributed by atoms with van der Waals surface area (Å²) in [7, 11) is 0. The van der Waals surface area contributed by atoms with Crippen molar-refractivity contribution in [2.45, 2.75) is 25.8 Å². The maximum absolute atomic E-state index is 12.7. The molecule has 0 aliphatic carbocycles. The highest BCUT2D eigenvalue weighted by atomic mass is 19.4. The normalized spacial score (nSPS) is 12.2. The molecule has 0 radical (unpaired) electrons. The fraction of sp³-hybridized carbons (Fsp3) is 0.444. The Kier molecular flexibility index (Phi) is 3.99. The van der Waals surface area contributed by atoms with Gasteiger partial charge >= 0.3 is 6.18 Å². The van der Waals surface area contributed by atoms with Crippen molar-refractivity contribution in [3.8, 4) is 0 Å². The molecule has 1 heterocycles. The van der Waals surface area contributed by atoms with Crippen LogP contribution in [0, 0.1) is 0 Å². The Morgan fingerprint density at radius 3 is 2.29 bits per heavy atom. The Hall–Kier alpha value is -1.28. The first-order valence-corrected chi connectivity index (χ1v) is 4.49. The molecular weight excluding hydrogens is 247 g/mol. The molecule has 17 heavy (non-hydrogen) atoms. The third-order valence-electron chi connectivity index (χ3n) is 2.17. The molecular formula is C9H9F5N2O. The minimum absolute atomic E-state index is 0.343. The van der Waals surface area contributed by atoms with Crippen LogP contribution in [0.25, 0.3) is 0 Å². The minimum atomic E-state index is -4.96. The summed E-state index contributed by atoms with van der Waals surface area (Å²) in [6, 6.07) is 0. The SMILES string of the molecule is NCc1c(CO)ncc(C(F)F)c1C(F)(F)F. The Bertz CT molecular complexity index is 405. The van der Waals surface area contributed by atoms with Gasteiger partial charge in [-0.1, -0.05) is 0 Å². The van der Waals surface area contributed by atoms with Gasteiger partial charge in [0.25, 0.3) is 6.43 Å². The lowest BCUT2D eigenvalue weighted by molar-refractivity contribution is -0.140. The molecule has 0 unspecified atom stereocenters. The van der Waals surface area contributed by atoms with Crippen LogP contribution in [0.1, 0.15) is 28.8 Å². The van der Waals surface area contributed by atoms with Crippen molar-refractivity contribution in [1.29, 1.82) is 0 Å². The molecule has 0 amide bonds. The lowest BCUT2D eigenvalue weighted by Gasteiger charge is -2.18. The number of nitrogens with zero attached hydrogens (tertiary/aromatic N) is 1. The van der Waals surface area contributed by atoms with Gasteiger partial charge in [0.05, 0.1) is 17.9 Å². The quantitative estimate of drug-likeness (QED) is 0.813. The molecule has 0 saturated carbocycles. The highest BCUT2D eigenvalue weighted by Gasteiger charge is 2.39. The van der Waals surface area contributed by atoms with Crippen molar-refractivity contribution in [1.82, 2.24) is 4.98 Å². The zero-order valence-corrected chi connectivity index (χ0v) is 8.43. The maximum atomic E-state index is 12.7. The second-order valence-corrected chi connectivity index (χ2v) is 3.17. The van der Waals surface area contributed by atoms with Gasteiger partial charge in [-0.05, 0) is 0 Å². The van der Waals surface area contributed by atoms with Gasteiger partial charge in [0.15, 0.2) is 0 Å². The van der Waals surface area contributed by atoms with E-state index in [2.05, 4.69) is 4.98 Å². The fourth-order valence-electron chi connectivity index (χ4n) is 1.46. The molecule has 0 aliphatic rings. The van der Waals surface area contributed by atoms with Gasteiger partial charge in [-0.2, -0.15) is 13.2 Å². The Balaban J connectivity index is 3.56. The number of aromatic nitrogens is 1. The van der Waals surface area contributed by atoms with Crippen molar-refractivity contribution in [2.24, 2.45) is 5.73 Å². The van der Waals surface area contributed by atoms with Gasteiger partial charge in [0.2, 0.25) is 0 Å². The highest BCUT2D eigenvalue weighted by Crippen LogP contribution is 2.39. The summed E-state index contributed by atoms with van der Waals surface area (Å²) >= 11 is 0. The second-order valence-electron chi connectivity index (χ2n) is 3.17. The lowest BCUT2D eigenvalue weighted by Crippen LogP contribution is -2.19. The van der Waals surface area contributed by atoms with Crippen molar-refractivity contribution in [3.63, 3.8) is 0 Å². The zero-order chi connectivity index (χ0) is 13.2. The van der Waals surface area contributed by atoms with E-state index in [-0.39, 0.29) is 5.69 Å². The molecule has 3 nitrogen and oxygen atoms in total. The number of alkyl halides is 5. The van der Waals surface area contributed by atoms with Crippen LogP contribution in [0.5, 0.6) is 0 Å². The second kappa shape index (κ2) is 4.92. The first kappa shape index (κ1) is 13.8. The van der Waals surface area contributed by atoms with Crippen LogP contribution in [0.15, 0.2) is 6.20 Å². The van der Waals surface area contributed by atoms with Gasteiger partial charge in [0, 0.05) is 23.9 Å². The molecule has 8 heteroatoms. The van der Waals surface area contributed by atoms with E-state index >= 15 is 0 Å². The van der Waals surface area contributed by atoms with Gasteiger partial charge in [0.1, 0.15) is 0 Å². The summed E-state index contributed by atoms with van der Waals surface area (Å²) in [6.07, 6.45) is -7.86. The molecule has 0 aromatic carbocycles. The number of halogens is 5. The van der Waals surface area contributed by atoms with Crippen LogP contribution >= 0.6 is 0 Å². The average Bonchev–Trinajstić information content (AvgIpc) is 2.25. The van der Waals surface area contributed by atoms with Gasteiger partial charge in [-0.3, -0.25) is 4.98 Å². The molecule has 1 aromatic rings. The van der Waals surface area contributed by atoms with E-state index in [0.717, 1.165) is 0 Å². The third kappa shape index (κ3) is 2.70. The number of aliphatic hydroxyl groups excluding tert-OH is 1. The summed E-state index contributed by atoms with van der Waals surface area (Å²) in [6.45, 7) is -1.42. The van der Waals surface area contributed by atoms with Crippen LogP contribution in [0.3, 0.4) is 0 Å². The molecule has 0 fully saturated rings. The van der Waals surface area contributed by atoms with Crippen LogP contribution in [-0.2, 0) is 19.3 Å². The van der Waals surface area contributed by atoms with Crippen molar-refractivity contribution >= 4 is 0 Å². The maximum Gasteiger partial charge on any atom is 0.417 e. The van der Waals surface area contributed by atoms with Crippen molar-refractivity contribution in [3.05, 3.63) is 28.6 Å². The molecule has 96 valence electrons. The molecule has 0 saturated heterocycles. The predicted octanol–water partition coefficient (Wildman–Crippen LogP) is 1.99. The Morgan fingerprint density at radius 1 is 1.35 bits per heavy atom. The third-order valence-corrected chi connectivity index (χ3v) is 2.17. The first-order chi connectivity index (χ1) is 7.82. The first-order valence-electron chi connectivity index (χ1n) is 4.49. The van der Waals surface area contributed by atoms with E-state index in [1.54, 1.807) is 0 Å². The smallest absolute Gasteiger partial charge is 0.390 e. The summed E-state index contributed by atoms with van der Waals surface area (Å²) in [5, 5.41) is 8.80. The fourth-order valence-corrected chi connectivity index (χ4v) is 1.46. The summed E-state index contributed by atoms with van der Waals surface area (Å²) in [5.74, 6) is 0. The molecule has 1 rings (SSSR count). The topological polar surface area (TPSA) is 59.1 Å².